The van der Waals surface area contributed by atoms with Gasteiger partial charge in [0.05, 0.1) is 6.54 Å². The van der Waals surface area contributed by atoms with Crippen molar-refractivity contribution in [2.45, 2.75) is 6.54 Å². The second kappa shape index (κ2) is 6.21. The summed E-state index contributed by atoms with van der Waals surface area (Å²) in [5, 5.41) is 11.1. The van der Waals surface area contributed by atoms with Gasteiger partial charge in [0.15, 0.2) is 5.82 Å². The van der Waals surface area contributed by atoms with Crippen LogP contribution >= 0.6 is 11.6 Å². The summed E-state index contributed by atoms with van der Waals surface area (Å²) in [6, 6.07) is 7.79. The van der Waals surface area contributed by atoms with Crippen LogP contribution in [-0.4, -0.2) is 25.5 Å². The SMILES string of the molecule is Cn1nccc1C(=O)Nc1nn(Cc2cccc(F)c2)cc1Cl. The van der Waals surface area contributed by atoms with Gasteiger partial charge in [0.1, 0.15) is 16.5 Å². The summed E-state index contributed by atoms with van der Waals surface area (Å²) in [6.07, 6.45) is 3.10. The smallest absolute Gasteiger partial charge is 0.275 e. The summed E-state index contributed by atoms with van der Waals surface area (Å²) in [6.45, 7) is 0.346. The van der Waals surface area contributed by atoms with Gasteiger partial charge in [0.2, 0.25) is 0 Å². The molecule has 2 aromatic heterocycles. The van der Waals surface area contributed by atoms with E-state index < -0.39 is 0 Å². The topological polar surface area (TPSA) is 64.7 Å². The molecule has 8 heteroatoms. The van der Waals surface area contributed by atoms with Crippen molar-refractivity contribution in [3.8, 4) is 0 Å². The number of halogens is 2. The van der Waals surface area contributed by atoms with E-state index in [1.807, 2.05) is 0 Å². The lowest BCUT2D eigenvalue weighted by Gasteiger charge is -2.03. The predicted octanol–water partition coefficient (Wildman–Crippen LogP) is 2.71. The van der Waals surface area contributed by atoms with Crippen LogP contribution in [0.2, 0.25) is 5.02 Å². The maximum atomic E-state index is 13.2. The highest BCUT2D eigenvalue weighted by Gasteiger charge is 2.15. The van der Waals surface area contributed by atoms with Crippen molar-refractivity contribution in [1.82, 2.24) is 19.6 Å². The van der Waals surface area contributed by atoms with Gasteiger partial charge in [-0.3, -0.25) is 14.2 Å². The quantitative estimate of drug-likeness (QED) is 0.798. The van der Waals surface area contributed by atoms with Crippen molar-refractivity contribution in [2.75, 3.05) is 5.32 Å². The first-order valence-corrected chi connectivity index (χ1v) is 7.17. The molecule has 0 fully saturated rings. The lowest BCUT2D eigenvalue weighted by Crippen LogP contribution is -2.16. The van der Waals surface area contributed by atoms with Crippen molar-refractivity contribution in [2.24, 2.45) is 7.05 Å². The van der Waals surface area contributed by atoms with Crippen LogP contribution in [0.3, 0.4) is 0 Å². The molecule has 0 atom stereocenters. The Hall–Kier alpha value is -2.67. The van der Waals surface area contributed by atoms with Gasteiger partial charge in [-0.05, 0) is 23.8 Å². The third-order valence-electron chi connectivity index (χ3n) is 3.24. The monoisotopic (exact) mass is 333 g/mol. The molecule has 0 unspecified atom stereocenters. The molecule has 0 saturated heterocycles. The van der Waals surface area contributed by atoms with Crippen LogP contribution in [0.15, 0.2) is 42.7 Å². The van der Waals surface area contributed by atoms with Crippen LogP contribution in [0.1, 0.15) is 16.1 Å². The number of hydrogen-bond donors (Lipinski definition) is 1. The highest BCUT2D eigenvalue weighted by atomic mass is 35.5. The van der Waals surface area contributed by atoms with E-state index in [1.54, 1.807) is 31.4 Å². The molecule has 1 N–H and O–H groups in total. The van der Waals surface area contributed by atoms with Crippen LogP contribution in [0.25, 0.3) is 0 Å². The van der Waals surface area contributed by atoms with Gasteiger partial charge in [-0.1, -0.05) is 23.7 Å². The molecular weight excluding hydrogens is 321 g/mol. The zero-order valence-electron chi connectivity index (χ0n) is 12.2. The third kappa shape index (κ3) is 3.40. The molecule has 23 heavy (non-hydrogen) atoms. The number of anilines is 1. The highest BCUT2D eigenvalue weighted by molar-refractivity contribution is 6.33. The van der Waals surface area contributed by atoms with Gasteiger partial charge < -0.3 is 5.32 Å². The highest BCUT2D eigenvalue weighted by Crippen LogP contribution is 2.20. The fourth-order valence-electron chi connectivity index (χ4n) is 2.15. The fourth-order valence-corrected chi connectivity index (χ4v) is 2.35. The number of rotatable bonds is 4. The van der Waals surface area contributed by atoms with E-state index in [1.165, 1.54) is 27.7 Å². The molecule has 0 saturated carbocycles. The standard InChI is InChI=1S/C15H13ClFN5O/c1-21-13(5-6-18-21)15(23)19-14-12(16)9-22(20-14)8-10-3-2-4-11(17)7-10/h2-7,9H,8H2,1H3,(H,19,20,23). The molecule has 118 valence electrons. The molecular formula is C15H13ClFN5O. The molecule has 6 nitrogen and oxygen atoms in total. The van der Waals surface area contributed by atoms with Gasteiger partial charge in [0, 0.05) is 19.4 Å². The molecule has 3 rings (SSSR count). The molecule has 0 aliphatic rings. The Morgan fingerprint density at radius 1 is 1.39 bits per heavy atom. The summed E-state index contributed by atoms with van der Waals surface area (Å²) in [4.78, 5) is 12.1. The van der Waals surface area contributed by atoms with E-state index in [2.05, 4.69) is 15.5 Å². The lowest BCUT2D eigenvalue weighted by molar-refractivity contribution is 0.101. The van der Waals surface area contributed by atoms with E-state index >= 15 is 0 Å². The van der Waals surface area contributed by atoms with E-state index in [9.17, 15) is 9.18 Å². The summed E-state index contributed by atoms with van der Waals surface area (Å²) in [5.74, 6) is -0.428. The Morgan fingerprint density at radius 3 is 2.91 bits per heavy atom. The molecule has 1 amide bonds. The van der Waals surface area contributed by atoms with Crippen molar-refractivity contribution < 1.29 is 9.18 Å². The van der Waals surface area contributed by atoms with Gasteiger partial charge in [-0.25, -0.2) is 4.39 Å². The molecule has 0 radical (unpaired) electrons. The predicted molar refractivity (Wildman–Crippen MR) is 83.9 cm³/mol. The maximum Gasteiger partial charge on any atom is 0.275 e. The van der Waals surface area contributed by atoms with Crippen molar-refractivity contribution in [3.63, 3.8) is 0 Å². The first-order valence-electron chi connectivity index (χ1n) is 6.79. The van der Waals surface area contributed by atoms with E-state index in [4.69, 9.17) is 11.6 Å². The van der Waals surface area contributed by atoms with Gasteiger partial charge in [-0.15, -0.1) is 0 Å². The maximum absolute atomic E-state index is 13.2. The number of hydrogen-bond acceptors (Lipinski definition) is 3. The van der Waals surface area contributed by atoms with Gasteiger partial charge in [-0.2, -0.15) is 10.2 Å². The Balaban J connectivity index is 1.76. The van der Waals surface area contributed by atoms with Crippen molar-refractivity contribution in [3.05, 3.63) is 64.8 Å². The molecule has 0 aliphatic heterocycles. The number of aromatic nitrogens is 4. The number of benzene rings is 1. The van der Waals surface area contributed by atoms with Crippen LogP contribution in [-0.2, 0) is 13.6 Å². The molecule has 1 aromatic carbocycles. The molecule has 2 heterocycles. The van der Waals surface area contributed by atoms with Crippen LogP contribution in [0.4, 0.5) is 10.2 Å². The van der Waals surface area contributed by atoms with E-state index in [0.717, 1.165) is 5.56 Å². The number of nitrogens with one attached hydrogen (secondary N) is 1. The zero-order valence-corrected chi connectivity index (χ0v) is 13.0. The molecule has 0 aliphatic carbocycles. The summed E-state index contributed by atoms with van der Waals surface area (Å²) < 4.78 is 16.2. The van der Waals surface area contributed by atoms with Crippen LogP contribution in [0.5, 0.6) is 0 Å². The Morgan fingerprint density at radius 2 is 2.22 bits per heavy atom. The van der Waals surface area contributed by atoms with E-state index in [0.29, 0.717) is 17.3 Å². The zero-order chi connectivity index (χ0) is 16.4. The third-order valence-corrected chi connectivity index (χ3v) is 3.51. The first-order chi connectivity index (χ1) is 11.0. The fraction of sp³-hybridized carbons (Fsp3) is 0.133. The van der Waals surface area contributed by atoms with Crippen molar-refractivity contribution in [1.29, 1.82) is 0 Å². The average molecular weight is 334 g/mol. The lowest BCUT2D eigenvalue weighted by atomic mass is 10.2. The Kier molecular flexibility index (Phi) is 4.12. The Bertz CT molecular complexity index is 857. The molecule has 0 spiro atoms. The number of carbonyl (C=O) groups excluding carboxylic acids is 1. The minimum atomic E-state index is -0.358. The number of aryl methyl sites for hydroxylation is 1. The number of carbonyl (C=O) groups is 1. The second-order valence-electron chi connectivity index (χ2n) is 4.95. The normalized spacial score (nSPS) is 10.7. The van der Waals surface area contributed by atoms with Gasteiger partial charge >= 0.3 is 0 Å². The van der Waals surface area contributed by atoms with Crippen molar-refractivity contribution >= 4 is 23.3 Å². The minimum Gasteiger partial charge on any atom is -0.302 e. The van der Waals surface area contributed by atoms with Crippen LogP contribution < -0.4 is 5.32 Å². The van der Waals surface area contributed by atoms with Crippen LogP contribution in [0, 0.1) is 5.82 Å². The number of amides is 1. The number of nitrogens with zero attached hydrogens (tertiary/aromatic N) is 4. The minimum absolute atomic E-state index is 0.245. The summed E-state index contributed by atoms with van der Waals surface area (Å²) in [7, 11) is 1.67. The summed E-state index contributed by atoms with van der Waals surface area (Å²) >= 11 is 6.09. The first kappa shape index (κ1) is 15.2. The summed E-state index contributed by atoms with van der Waals surface area (Å²) in [5.41, 5.74) is 1.13. The van der Waals surface area contributed by atoms with Gasteiger partial charge in [0.25, 0.3) is 5.91 Å². The molecule has 3 aromatic rings. The Labute approximate surface area is 136 Å². The average Bonchev–Trinajstić information content (AvgIpc) is 3.05. The second-order valence-corrected chi connectivity index (χ2v) is 5.35. The largest absolute Gasteiger partial charge is 0.302 e. The van der Waals surface area contributed by atoms with E-state index in [-0.39, 0.29) is 17.5 Å². The molecule has 0 bridgehead atoms.